The van der Waals surface area contributed by atoms with E-state index in [0.29, 0.717) is 11.7 Å². The second kappa shape index (κ2) is 6.47. The number of carboxylic acids is 1. The number of benzene rings is 1. The number of amides is 1. The molecule has 1 saturated heterocycles. The number of nitrogens with one attached hydrogen (secondary N) is 1. The summed E-state index contributed by atoms with van der Waals surface area (Å²) in [5.74, 6) is -1.04. The maximum Gasteiger partial charge on any atom is 0.303 e. The minimum atomic E-state index is -0.909. The van der Waals surface area contributed by atoms with Crippen LogP contribution >= 0.6 is 12.2 Å². The van der Waals surface area contributed by atoms with E-state index in [1.165, 1.54) is 4.90 Å². The molecular formula is C14H16N2O3S. The standard InChI is InChI=1S/C14H16N2O3S/c17-12(18)7-6-11-13(19)16(14(20)15-11)9-8-10-4-2-1-3-5-10/h1-5,11H,6-9H2,(H,15,20)(H,17,18). The van der Waals surface area contributed by atoms with Crippen LogP contribution in [0.2, 0.25) is 0 Å². The Bertz CT molecular complexity index is 518. The molecule has 1 amide bonds. The molecule has 2 N–H and O–H groups in total. The van der Waals surface area contributed by atoms with Crippen LogP contribution in [0, 0.1) is 0 Å². The van der Waals surface area contributed by atoms with Crippen LogP contribution in [0.15, 0.2) is 30.3 Å². The van der Waals surface area contributed by atoms with Crippen LogP contribution < -0.4 is 5.32 Å². The van der Waals surface area contributed by atoms with Gasteiger partial charge in [-0.1, -0.05) is 30.3 Å². The van der Waals surface area contributed by atoms with Gasteiger partial charge in [-0.25, -0.2) is 0 Å². The van der Waals surface area contributed by atoms with Crippen LogP contribution in [0.4, 0.5) is 0 Å². The topological polar surface area (TPSA) is 69.6 Å². The van der Waals surface area contributed by atoms with Gasteiger partial charge >= 0.3 is 5.97 Å². The van der Waals surface area contributed by atoms with E-state index in [1.807, 2.05) is 30.3 Å². The van der Waals surface area contributed by atoms with Gasteiger partial charge in [0.2, 0.25) is 0 Å². The highest BCUT2D eigenvalue weighted by atomic mass is 32.1. The van der Waals surface area contributed by atoms with Crippen molar-refractivity contribution in [2.24, 2.45) is 0 Å². The summed E-state index contributed by atoms with van der Waals surface area (Å²) in [5, 5.41) is 11.9. The summed E-state index contributed by atoms with van der Waals surface area (Å²) in [4.78, 5) is 24.2. The van der Waals surface area contributed by atoms with E-state index in [2.05, 4.69) is 5.32 Å². The summed E-state index contributed by atoms with van der Waals surface area (Å²) < 4.78 is 0. The largest absolute Gasteiger partial charge is 0.481 e. The van der Waals surface area contributed by atoms with E-state index in [4.69, 9.17) is 17.3 Å². The first-order valence-electron chi connectivity index (χ1n) is 6.45. The van der Waals surface area contributed by atoms with E-state index in [-0.39, 0.29) is 18.7 Å². The lowest BCUT2D eigenvalue weighted by Gasteiger charge is -2.14. The van der Waals surface area contributed by atoms with Gasteiger partial charge in [0, 0.05) is 13.0 Å². The fraction of sp³-hybridized carbons (Fsp3) is 0.357. The summed E-state index contributed by atoms with van der Waals surface area (Å²) >= 11 is 5.14. The molecule has 0 bridgehead atoms. The SMILES string of the molecule is O=C(O)CCC1NC(=S)N(CCc2ccccc2)C1=O. The Hall–Kier alpha value is -1.95. The van der Waals surface area contributed by atoms with Gasteiger partial charge in [0.05, 0.1) is 0 Å². The molecule has 106 valence electrons. The number of hydrogen-bond donors (Lipinski definition) is 2. The number of carboxylic acid groups (broad SMARTS) is 1. The van der Waals surface area contributed by atoms with E-state index >= 15 is 0 Å². The molecule has 1 aromatic carbocycles. The highest BCUT2D eigenvalue weighted by molar-refractivity contribution is 7.80. The average Bonchev–Trinajstić information content (AvgIpc) is 2.70. The van der Waals surface area contributed by atoms with Crippen LogP contribution in [0.5, 0.6) is 0 Å². The van der Waals surface area contributed by atoms with Crippen molar-refractivity contribution in [3.8, 4) is 0 Å². The smallest absolute Gasteiger partial charge is 0.303 e. The summed E-state index contributed by atoms with van der Waals surface area (Å²) in [5.41, 5.74) is 1.14. The molecule has 0 aliphatic carbocycles. The first kappa shape index (κ1) is 14.5. The molecule has 20 heavy (non-hydrogen) atoms. The van der Waals surface area contributed by atoms with Crippen LogP contribution in [0.3, 0.4) is 0 Å². The van der Waals surface area contributed by atoms with Crippen molar-refractivity contribution in [1.29, 1.82) is 0 Å². The third kappa shape index (κ3) is 3.54. The van der Waals surface area contributed by atoms with Crippen molar-refractivity contribution >= 4 is 29.2 Å². The second-order valence-electron chi connectivity index (χ2n) is 4.66. The van der Waals surface area contributed by atoms with Gasteiger partial charge in [0.15, 0.2) is 5.11 Å². The molecule has 1 aliphatic heterocycles. The minimum Gasteiger partial charge on any atom is -0.481 e. The summed E-state index contributed by atoms with van der Waals surface area (Å²) in [7, 11) is 0. The van der Waals surface area contributed by atoms with Gasteiger partial charge in [-0.2, -0.15) is 0 Å². The molecule has 5 nitrogen and oxygen atoms in total. The predicted octanol–water partition coefficient (Wildman–Crippen LogP) is 1.18. The number of nitrogens with zero attached hydrogens (tertiary/aromatic N) is 1. The van der Waals surface area contributed by atoms with Crippen molar-refractivity contribution in [2.75, 3.05) is 6.54 Å². The number of hydrogen-bond acceptors (Lipinski definition) is 3. The molecule has 6 heteroatoms. The van der Waals surface area contributed by atoms with Crippen LogP contribution in [0.25, 0.3) is 0 Å². The molecule has 1 aromatic rings. The predicted molar refractivity (Wildman–Crippen MR) is 78.3 cm³/mol. The molecule has 0 spiro atoms. The van der Waals surface area contributed by atoms with Crippen molar-refractivity contribution in [3.63, 3.8) is 0 Å². The van der Waals surface area contributed by atoms with E-state index < -0.39 is 12.0 Å². The molecule has 0 aromatic heterocycles. The maximum atomic E-state index is 12.1. The number of thiocarbonyl (C=S) groups is 1. The Morgan fingerprint density at radius 3 is 2.70 bits per heavy atom. The second-order valence-corrected chi connectivity index (χ2v) is 5.05. The monoisotopic (exact) mass is 292 g/mol. The van der Waals surface area contributed by atoms with Gasteiger partial charge in [-0.3, -0.25) is 14.5 Å². The Balaban J connectivity index is 1.90. The molecule has 2 rings (SSSR count). The minimum absolute atomic E-state index is 0.0431. The lowest BCUT2D eigenvalue weighted by molar-refractivity contribution is -0.137. The lowest BCUT2D eigenvalue weighted by atomic mass is 10.1. The van der Waals surface area contributed by atoms with Crippen molar-refractivity contribution in [3.05, 3.63) is 35.9 Å². The van der Waals surface area contributed by atoms with Gasteiger partial charge in [-0.05, 0) is 30.6 Å². The van der Waals surface area contributed by atoms with Gasteiger partial charge < -0.3 is 10.4 Å². The number of carbonyl (C=O) groups is 2. The third-order valence-corrected chi connectivity index (χ3v) is 3.56. The first-order valence-corrected chi connectivity index (χ1v) is 6.86. The number of rotatable bonds is 6. The van der Waals surface area contributed by atoms with Crippen LogP contribution in [-0.2, 0) is 16.0 Å². The van der Waals surface area contributed by atoms with Crippen LogP contribution in [0.1, 0.15) is 18.4 Å². The Kier molecular flexibility index (Phi) is 4.68. The summed E-state index contributed by atoms with van der Waals surface area (Å²) in [6.07, 6.45) is 0.939. The summed E-state index contributed by atoms with van der Waals surface area (Å²) in [6.45, 7) is 0.512. The Morgan fingerprint density at radius 2 is 2.05 bits per heavy atom. The fourth-order valence-corrected chi connectivity index (χ4v) is 2.46. The van der Waals surface area contributed by atoms with Gasteiger partial charge in [0.1, 0.15) is 6.04 Å². The molecular weight excluding hydrogens is 276 g/mol. The highest BCUT2D eigenvalue weighted by Gasteiger charge is 2.34. The highest BCUT2D eigenvalue weighted by Crippen LogP contribution is 2.12. The van der Waals surface area contributed by atoms with Crippen LogP contribution in [-0.4, -0.2) is 39.6 Å². The maximum absolute atomic E-state index is 12.1. The molecule has 0 saturated carbocycles. The molecule has 1 unspecified atom stereocenters. The van der Waals surface area contributed by atoms with Crippen molar-refractivity contribution in [1.82, 2.24) is 10.2 Å². The zero-order valence-corrected chi connectivity index (χ0v) is 11.7. The molecule has 1 fully saturated rings. The van der Waals surface area contributed by atoms with E-state index in [1.54, 1.807) is 0 Å². The Morgan fingerprint density at radius 1 is 1.35 bits per heavy atom. The Labute approximate surface area is 122 Å². The number of aliphatic carboxylic acids is 1. The summed E-state index contributed by atoms with van der Waals surface area (Å²) in [6, 6.07) is 9.34. The van der Waals surface area contributed by atoms with Gasteiger partial charge in [0.25, 0.3) is 5.91 Å². The fourth-order valence-electron chi connectivity index (χ4n) is 2.14. The van der Waals surface area contributed by atoms with E-state index in [9.17, 15) is 9.59 Å². The quantitative estimate of drug-likeness (QED) is 0.771. The zero-order valence-electron chi connectivity index (χ0n) is 10.9. The third-order valence-electron chi connectivity index (χ3n) is 3.22. The molecule has 1 heterocycles. The van der Waals surface area contributed by atoms with Crippen molar-refractivity contribution < 1.29 is 14.7 Å². The molecule has 1 atom stereocenters. The van der Waals surface area contributed by atoms with E-state index in [0.717, 1.165) is 12.0 Å². The average molecular weight is 292 g/mol. The van der Waals surface area contributed by atoms with Crippen molar-refractivity contribution in [2.45, 2.75) is 25.3 Å². The van der Waals surface area contributed by atoms with Gasteiger partial charge in [-0.15, -0.1) is 0 Å². The zero-order chi connectivity index (χ0) is 14.5. The first-order chi connectivity index (χ1) is 9.58. The molecule has 1 aliphatic rings. The molecule has 0 radical (unpaired) electrons. The lowest BCUT2D eigenvalue weighted by Crippen LogP contribution is -2.33. The number of carbonyl (C=O) groups excluding carboxylic acids is 1. The normalized spacial score (nSPS) is 18.2.